The fourth-order valence-corrected chi connectivity index (χ4v) is 4.00. The monoisotopic (exact) mass is 302 g/mol. The van der Waals surface area contributed by atoms with E-state index in [0.29, 0.717) is 17.7 Å². The number of carbonyl (C=O) groups is 2. The van der Waals surface area contributed by atoms with Gasteiger partial charge in [-0.2, -0.15) is 0 Å². The van der Waals surface area contributed by atoms with Gasteiger partial charge in [-0.25, -0.2) is 0 Å². The third-order valence-corrected chi connectivity index (χ3v) is 5.28. The van der Waals surface area contributed by atoms with Gasteiger partial charge in [0.05, 0.1) is 4.88 Å². The lowest BCUT2D eigenvalue weighted by atomic mass is 9.96. The van der Waals surface area contributed by atoms with Crippen LogP contribution in [0.3, 0.4) is 0 Å². The Labute approximate surface area is 127 Å². The second kappa shape index (κ2) is 5.15. The Morgan fingerprint density at radius 2 is 1.95 bits per heavy atom. The number of amides is 2. The zero-order valence-corrected chi connectivity index (χ0v) is 12.8. The number of hydrogen-bond acceptors (Lipinski definition) is 3. The highest BCUT2D eigenvalue weighted by Gasteiger charge is 2.41. The molecule has 1 aromatic carbocycles. The quantitative estimate of drug-likeness (QED) is 0.915. The van der Waals surface area contributed by atoms with Crippen LogP contribution in [0.15, 0.2) is 24.3 Å². The molecular weight excluding hydrogens is 284 g/mol. The van der Waals surface area contributed by atoms with E-state index >= 15 is 0 Å². The Morgan fingerprint density at radius 3 is 2.62 bits per heavy atom. The van der Waals surface area contributed by atoms with Crippen molar-refractivity contribution in [3.63, 3.8) is 0 Å². The Balaban J connectivity index is 1.88. The van der Waals surface area contributed by atoms with Crippen LogP contribution in [-0.4, -0.2) is 17.4 Å². The molecule has 0 bridgehead atoms. The first-order valence-corrected chi connectivity index (χ1v) is 7.94. The summed E-state index contributed by atoms with van der Waals surface area (Å²) in [5.74, 6) is -0.625. The van der Waals surface area contributed by atoms with Crippen LogP contribution in [0.5, 0.6) is 0 Å². The highest BCUT2D eigenvalue weighted by atomic mass is 32.1. The van der Waals surface area contributed by atoms with Crippen LogP contribution in [-0.2, 0) is 4.79 Å². The van der Waals surface area contributed by atoms with Gasteiger partial charge in [0.1, 0.15) is 5.54 Å². The molecule has 4 nitrogen and oxygen atoms in total. The van der Waals surface area contributed by atoms with Gasteiger partial charge >= 0.3 is 0 Å². The lowest BCUT2D eigenvalue weighted by molar-refractivity contribution is -0.123. The summed E-state index contributed by atoms with van der Waals surface area (Å²) < 4.78 is 1.08. The van der Waals surface area contributed by atoms with E-state index in [4.69, 9.17) is 5.73 Å². The average molecular weight is 302 g/mol. The Morgan fingerprint density at radius 1 is 1.24 bits per heavy atom. The molecule has 2 amide bonds. The molecule has 1 aliphatic carbocycles. The third-order valence-electron chi connectivity index (χ3n) is 4.18. The lowest BCUT2D eigenvalue weighted by Crippen LogP contribution is -2.55. The predicted octanol–water partition coefficient (Wildman–Crippen LogP) is 2.74. The number of carbonyl (C=O) groups excluding carboxylic acids is 2. The van der Waals surface area contributed by atoms with E-state index in [1.165, 1.54) is 16.9 Å². The van der Waals surface area contributed by atoms with Crippen molar-refractivity contribution in [1.29, 1.82) is 0 Å². The minimum absolute atomic E-state index is 0.199. The van der Waals surface area contributed by atoms with E-state index in [9.17, 15) is 9.59 Å². The van der Waals surface area contributed by atoms with Gasteiger partial charge in [-0.05, 0) is 42.8 Å². The molecule has 3 N–H and O–H groups in total. The van der Waals surface area contributed by atoms with Crippen LogP contribution in [0.2, 0.25) is 0 Å². The van der Waals surface area contributed by atoms with Gasteiger partial charge in [0.15, 0.2) is 0 Å². The van der Waals surface area contributed by atoms with Crippen LogP contribution >= 0.6 is 11.3 Å². The molecule has 2 aromatic rings. The fourth-order valence-electron chi connectivity index (χ4n) is 2.94. The summed E-state index contributed by atoms with van der Waals surface area (Å²) in [6.07, 6.45) is 3.12. The van der Waals surface area contributed by atoms with Crippen LogP contribution in [0, 0.1) is 6.92 Å². The summed E-state index contributed by atoms with van der Waals surface area (Å²) in [7, 11) is 0. The first kappa shape index (κ1) is 14.1. The predicted molar refractivity (Wildman–Crippen MR) is 84.4 cm³/mol. The van der Waals surface area contributed by atoms with E-state index in [1.54, 1.807) is 0 Å². The molecule has 1 aliphatic rings. The normalized spacial score (nSPS) is 17.0. The van der Waals surface area contributed by atoms with Gasteiger partial charge < -0.3 is 11.1 Å². The van der Waals surface area contributed by atoms with Crippen LogP contribution in [0.4, 0.5) is 0 Å². The smallest absolute Gasteiger partial charge is 0.262 e. The highest BCUT2D eigenvalue weighted by Crippen LogP contribution is 2.31. The van der Waals surface area contributed by atoms with Gasteiger partial charge in [-0.3, -0.25) is 9.59 Å². The Bertz CT molecular complexity index is 714. The van der Waals surface area contributed by atoms with Gasteiger partial charge in [0.25, 0.3) is 5.91 Å². The molecule has 1 heterocycles. The molecule has 5 heteroatoms. The summed E-state index contributed by atoms with van der Waals surface area (Å²) in [6, 6.07) is 7.98. The molecule has 1 aromatic heterocycles. The summed E-state index contributed by atoms with van der Waals surface area (Å²) in [5, 5.41) is 3.93. The summed E-state index contributed by atoms with van der Waals surface area (Å²) in [5.41, 5.74) is 5.81. The van der Waals surface area contributed by atoms with E-state index < -0.39 is 11.4 Å². The molecule has 3 rings (SSSR count). The van der Waals surface area contributed by atoms with E-state index in [2.05, 4.69) is 11.4 Å². The van der Waals surface area contributed by atoms with Crippen LogP contribution < -0.4 is 11.1 Å². The molecule has 0 atom stereocenters. The highest BCUT2D eigenvalue weighted by molar-refractivity contribution is 7.20. The van der Waals surface area contributed by atoms with Crippen LogP contribution in [0.25, 0.3) is 10.1 Å². The number of nitrogens with one attached hydrogen (secondary N) is 1. The number of benzene rings is 1. The number of nitrogens with two attached hydrogens (primary N) is 1. The van der Waals surface area contributed by atoms with Crippen molar-refractivity contribution in [2.45, 2.75) is 38.1 Å². The summed E-state index contributed by atoms with van der Waals surface area (Å²) >= 11 is 1.45. The number of fused-ring (bicyclic) bond motifs is 1. The standard InChI is InChI=1S/C16H18N2O2S/c1-10-4-5-11-9-13(21-12(11)8-10)14(19)18-16(15(17)20)6-2-3-7-16/h4-5,8-9H,2-3,6-7H2,1H3,(H2,17,20)(H,18,19). The van der Waals surface area contributed by atoms with Crippen molar-refractivity contribution in [3.05, 3.63) is 34.7 Å². The number of aryl methyl sites for hydroxylation is 1. The van der Waals surface area contributed by atoms with Crippen molar-refractivity contribution < 1.29 is 9.59 Å². The van der Waals surface area contributed by atoms with Gasteiger partial charge in [0.2, 0.25) is 5.91 Å². The molecule has 1 fully saturated rings. The van der Waals surface area contributed by atoms with Crippen molar-refractivity contribution in [2.75, 3.05) is 0 Å². The summed E-state index contributed by atoms with van der Waals surface area (Å²) in [4.78, 5) is 24.8. The number of thiophene rings is 1. The minimum Gasteiger partial charge on any atom is -0.368 e. The van der Waals surface area contributed by atoms with Gasteiger partial charge in [0, 0.05) is 4.70 Å². The maximum Gasteiger partial charge on any atom is 0.262 e. The van der Waals surface area contributed by atoms with Crippen molar-refractivity contribution in [2.24, 2.45) is 5.73 Å². The molecule has 0 unspecified atom stereocenters. The number of hydrogen-bond donors (Lipinski definition) is 2. The van der Waals surface area contributed by atoms with Crippen molar-refractivity contribution >= 4 is 33.2 Å². The topological polar surface area (TPSA) is 72.2 Å². The Hall–Kier alpha value is -1.88. The number of primary amides is 1. The van der Waals surface area contributed by atoms with E-state index in [-0.39, 0.29) is 5.91 Å². The fraction of sp³-hybridized carbons (Fsp3) is 0.375. The van der Waals surface area contributed by atoms with E-state index in [0.717, 1.165) is 22.9 Å². The second-order valence-electron chi connectivity index (χ2n) is 5.76. The zero-order chi connectivity index (χ0) is 15.0. The summed E-state index contributed by atoms with van der Waals surface area (Å²) in [6.45, 7) is 2.03. The van der Waals surface area contributed by atoms with Gasteiger partial charge in [-0.15, -0.1) is 11.3 Å². The molecule has 0 aliphatic heterocycles. The molecule has 0 saturated heterocycles. The van der Waals surface area contributed by atoms with Crippen molar-refractivity contribution in [1.82, 2.24) is 5.32 Å². The number of rotatable bonds is 3. The second-order valence-corrected chi connectivity index (χ2v) is 6.84. The largest absolute Gasteiger partial charge is 0.368 e. The van der Waals surface area contributed by atoms with Crippen LogP contribution in [0.1, 0.15) is 40.9 Å². The first-order chi connectivity index (χ1) is 10.00. The zero-order valence-electron chi connectivity index (χ0n) is 11.9. The minimum atomic E-state index is -0.858. The molecule has 1 saturated carbocycles. The van der Waals surface area contributed by atoms with Gasteiger partial charge in [-0.1, -0.05) is 25.0 Å². The molecular formula is C16H18N2O2S. The SMILES string of the molecule is Cc1ccc2cc(C(=O)NC3(C(N)=O)CCCC3)sc2c1. The molecule has 0 radical (unpaired) electrons. The lowest BCUT2D eigenvalue weighted by Gasteiger charge is -2.26. The molecule has 0 spiro atoms. The van der Waals surface area contributed by atoms with Crippen molar-refractivity contribution in [3.8, 4) is 0 Å². The third kappa shape index (κ3) is 2.53. The molecule has 21 heavy (non-hydrogen) atoms. The first-order valence-electron chi connectivity index (χ1n) is 7.13. The Kier molecular flexibility index (Phi) is 3.45. The maximum atomic E-state index is 12.5. The average Bonchev–Trinajstić information content (AvgIpc) is 3.05. The van der Waals surface area contributed by atoms with E-state index in [1.807, 2.05) is 25.1 Å². The molecule has 110 valence electrons. The maximum absolute atomic E-state index is 12.5.